The molecule has 0 aromatic carbocycles. The lowest BCUT2D eigenvalue weighted by atomic mass is 9.99. The predicted molar refractivity (Wildman–Crippen MR) is 96.2 cm³/mol. The third-order valence-electron chi connectivity index (χ3n) is 3.94. The Morgan fingerprint density at radius 2 is 2.14 bits per heavy atom. The quantitative estimate of drug-likeness (QED) is 0.315. The summed E-state index contributed by atoms with van der Waals surface area (Å²) in [6.45, 7) is 8.59. The normalized spacial score (nSPS) is 22.2. The van der Waals surface area contributed by atoms with E-state index in [1.807, 2.05) is 0 Å². The minimum Gasteiger partial charge on any atom is -0.469 e. The Kier molecular flexibility index (Phi) is 9.93. The van der Waals surface area contributed by atoms with Gasteiger partial charge in [-0.05, 0) is 19.5 Å². The van der Waals surface area contributed by atoms with E-state index < -0.39 is 0 Å². The summed E-state index contributed by atoms with van der Waals surface area (Å²) in [6.07, 6.45) is 0. The highest BCUT2D eigenvalue weighted by Gasteiger charge is 2.36. The van der Waals surface area contributed by atoms with Crippen molar-refractivity contribution in [2.45, 2.75) is 13.8 Å². The van der Waals surface area contributed by atoms with Gasteiger partial charge in [-0.3, -0.25) is 9.79 Å². The average molecular weight is 412 g/mol. The number of hydrogen-bond acceptors (Lipinski definition) is 4. The molecule has 0 saturated carbocycles. The molecule has 21 heavy (non-hydrogen) atoms. The maximum absolute atomic E-state index is 11.7. The van der Waals surface area contributed by atoms with Crippen LogP contribution in [0.4, 0.5) is 0 Å². The molecule has 1 aliphatic rings. The first-order chi connectivity index (χ1) is 9.53. The number of carbonyl (C=O) groups is 1. The van der Waals surface area contributed by atoms with Gasteiger partial charge < -0.3 is 19.9 Å². The van der Waals surface area contributed by atoms with Gasteiger partial charge in [0, 0.05) is 33.2 Å². The minimum absolute atomic E-state index is 0. The number of esters is 1. The van der Waals surface area contributed by atoms with Crippen LogP contribution in [-0.4, -0.2) is 75.7 Å². The van der Waals surface area contributed by atoms with Gasteiger partial charge in [0.25, 0.3) is 0 Å². The Morgan fingerprint density at radius 1 is 1.48 bits per heavy atom. The number of likely N-dealkylation sites (tertiary alicyclic amines) is 1. The van der Waals surface area contributed by atoms with Gasteiger partial charge in [-0.2, -0.15) is 0 Å². The maximum Gasteiger partial charge on any atom is 0.310 e. The molecule has 0 radical (unpaired) electrons. The number of nitrogens with zero attached hydrogens (tertiary/aromatic N) is 3. The highest BCUT2D eigenvalue weighted by molar-refractivity contribution is 14.0. The topological polar surface area (TPSA) is 57.2 Å². The van der Waals surface area contributed by atoms with Crippen LogP contribution in [0.3, 0.4) is 0 Å². The first-order valence-electron chi connectivity index (χ1n) is 7.25. The molecule has 1 heterocycles. The Labute approximate surface area is 145 Å². The summed E-state index contributed by atoms with van der Waals surface area (Å²) in [7, 11) is 5.32. The lowest BCUT2D eigenvalue weighted by molar-refractivity contribution is -0.145. The van der Waals surface area contributed by atoms with Crippen molar-refractivity contribution in [2.75, 3.05) is 53.9 Å². The van der Waals surface area contributed by atoms with E-state index in [0.29, 0.717) is 12.5 Å². The second kappa shape index (κ2) is 10.2. The van der Waals surface area contributed by atoms with Crippen molar-refractivity contribution in [2.24, 2.45) is 16.8 Å². The predicted octanol–water partition coefficient (Wildman–Crippen LogP) is 0.872. The molecule has 1 aliphatic heterocycles. The molecule has 0 bridgehead atoms. The van der Waals surface area contributed by atoms with E-state index in [2.05, 4.69) is 41.0 Å². The van der Waals surface area contributed by atoms with Gasteiger partial charge in [-0.15, -0.1) is 24.0 Å². The number of guanidine groups is 1. The van der Waals surface area contributed by atoms with Crippen LogP contribution in [0.15, 0.2) is 4.99 Å². The van der Waals surface area contributed by atoms with Crippen molar-refractivity contribution in [1.82, 2.24) is 15.1 Å². The zero-order chi connectivity index (χ0) is 15.1. The Bertz CT molecular complexity index is 352. The standard InChI is InChI=1S/C14H28N4O2.HI/c1-6-17(4)8-7-16-14(15-3)18-9-11(2)12(10-18)13(19)20-5;/h11-12H,6-10H2,1-5H3,(H,15,16);1H. The molecule has 7 heteroatoms. The summed E-state index contributed by atoms with van der Waals surface area (Å²) in [5, 5.41) is 3.36. The maximum atomic E-state index is 11.7. The van der Waals surface area contributed by atoms with Crippen LogP contribution in [0.2, 0.25) is 0 Å². The second-order valence-electron chi connectivity index (χ2n) is 5.38. The van der Waals surface area contributed by atoms with E-state index in [-0.39, 0.29) is 35.9 Å². The van der Waals surface area contributed by atoms with Crippen molar-refractivity contribution >= 4 is 35.9 Å². The summed E-state index contributed by atoms with van der Waals surface area (Å²) in [6, 6.07) is 0. The molecule has 124 valence electrons. The summed E-state index contributed by atoms with van der Waals surface area (Å²) in [4.78, 5) is 20.4. The number of ether oxygens (including phenoxy) is 1. The molecule has 0 aromatic rings. The van der Waals surface area contributed by atoms with Gasteiger partial charge in [0.15, 0.2) is 5.96 Å². The number of rotatable bonds is 5. The zero-order valence-corrected chi connectivity index (χ0v) is 16.1. The zero-order valence-electron chi connectivity index (χ0n) is 13.8. The first kappa shape index (κ1) is 20.4. The molecule has 1 N–H and O–H groups in total. The van der Waals surface area contributed by atoms with Crippen LogP contribution in [0.1, 0.15) is 13.8 Å². The number of halogens is 1. The molecule has 0 aliphatic carbocycles. The molecule has 0 amide bonds. The van der Waals surface area contributed by atoms with Crippen molar-refractivity contribution < 1.29 is 9.53 Å². The van der Waals surface area contributed by atoms with Crippen molar-refractivity contribution in [1.29, 1.82) is 0 Å². The molecular formula is C14H29IN4O2. The van der Waals surface area contributed by atoms with E-state index in [0.717, 1.165) is 32.1 Å². The number of carbonyl (C=O) groups excluding carboxylic acids is 1. The Balaban J connectivity index is 0.00000400. The number of aliphatic imine (C=N–C) groups is 1. The Hall–Kier alpha value is -0.570. The third kappa shape index (κ3) is 5.98. The van der Waals surface area contributed by atoms with E-state index in [4.69, 9.17) is 4.74 Å². The second-order valence-corrected chi connectivity index (χ2v) is 5.38. The number of nitrogens with one attached hydrogen (secondary N) is 1. The van der Waals surface area contributed by atoms with Crippen LogP contribution >= 0.6 is 24.0 Å². The first-order valence-corrected chi connectivity index (χ1v) is 7.25. The molecule has 0 spiro atoms. The van der Waals surface area contributed by atoms with Crippen LogP contribution in [0, 0.1) is 11.8 Å². The lowest BCUT2D eigenvalue weighted by Crippen LogP contribution is -2.43. The summed E-state index contributed by atoms with van der Waals surface area (Å²) in [5.41, 5.74) is 0. The molecule has 1 rings (SSSR count). The lowest BCUT2D eigenvalue weighted by Gasteiger charge is -2.22. The fourth-order valence-corrected chi connectivity index (χ4v) is 2.45. The van der Waals surface area contributed by atoms with Gasteiger partial charge in [-0.1, -0.05) is 13.8 Å². The average Bonchev–Trinajstić information content (AvgIpc) is 2.84. The number of likely N-dealkylation sites (N-methyl/N-ethyl adjacent to an activating group) is 1. The SMILES string of the molecule is CCN(C)CCNC(=NC)N1CC(C)C(C(=O)OC)C1.I. The van der Waals surface area contributed by atoms with Crippen molar-refractivity contribution in [3.05, 3.63) is 0 Å². The molecule has 1 fully saturated rings. The largest absolute Gasteiger partial charge is 0.469 e. The van der Waals surface area contributed by atoms with Crippen LogP contribution in [-0.2, 0) is 9.53 Å². The van der Waals surface area contributed by atoms with Crippen LogP contribution in [0.5, 0.6) is 0 Å². The number of hydrogen-bond donors (Lipinski definition) is 1. The van der Waals surface area contributed by atoms with Crippen molar-refractivity contribution in [3.63, 3.8) is 0 Å². The van der Waals surface area contributed by atoms with Crippen molar-refractivity contribution in [3.8, 4) is 0 Å². The molecule has 2 atom stereocenters. The van der Waals surface area contributed by atoms with Gasteiger partial charge in [0.2, 0.25) is 0 Å². The van der Waals surface area contributed by atoms with E-state index >= 15 is 0 Å². The van der Waals surface area contributed by atoms with E-state index in [1.165, 1.54) is 7.11 Å². The summed E-state index contributed by atoms with van der Waals surface area (Å²) < 4.78 is 4.86. The highest BCUT2D eigenvalue weighted by Crippen LogP contribution is 2.23. The smallest absolute Gasteiger partial charge is 0.310 e. The van der Waals surface area contributed by atoms with Gasteiger partial charge >= 0.3 is 5.97 Å². The van der Waals surface area contributed by atoms with Gasteiger partial charge in [0.1, 0.15) is 0 Å². The molecule has 6 nitrogen and oxygen atoms in total. The Morgan fingerprint density at radius 3 is 2.67 bits per heavy atom. The van der Waals surface area contributed by atoms with Crippen LogP contribution < -0.4 is 5.32 Å². The monoisotopic (exact) mass is 412 g/mol. The fourth-order valence-electron chi connectivity index (χ4n) is 2.45. The third-order valence-corrected chi connectivity index (χ3v) is 3.94. The summed E-state index contributed by atoms with van der Waals surface area (Å²) >= 11 is 0. The van der Waals surface area contributed by atoms with Crippen LogP contribution in [0.25, 0.3) is 0 Å². The van der Waals surface area contributed by atoms with E-state index in [9.17, 15) is 4.79 Å². The van der Waals surface area contributed by atoms with Gasteiger partial charge in [0.05, 0.1) is 13.0 Å². The molecule has 1 saturated heterocycles. The number of methoxy groups -OCH3 is 1. The van der Waals surface area contributed by atoms with Gasteiger partial charge in [-0.25, -0.2) is 0 Å². The van der Waals surface area contributed by atoms with E-state index in [1.54, 1.807) is 7.05 Å². The molecule has 2 unspecified atom stereocenters. The molecule has 0 aromatic heterocycles. The summed E-state index contributed by atoms with van der Waals surface area (Å²) in [5.74, 6) is 0.977. The highest BCUT2D eigenvalue weighted by atomic mass is 127. The molecular weight excluding hydrogens is 383 g/mol. The fraction of sp³-hybridized carbons (Fsp3) is 0.857. The minimum atomic E-state index is -0.124.